The fourth-order valence-corrected chi connectivity index (χ4v) is 7.61. The molecule has 0 heterocycles. The van der Waals surface area contributed by atoms with Crippen molar-refractivity contribution in [1.82, 2.24) is 0 Å². The van der Waals surface area contributed by atoms with E-state index in [2.05, 4.69) is 0 Å². The number of hydrogen-bond acceptors (Lipinski definition) is 6. The van der Waals surface area contributed by atoms with Gasteiger partial charge in [0, 0.05) is 6.26 Å². The Morgan fingerprint density at radius 1 is 0.684 bits per heavy atom. The first-order valence-corrected chi connectivity index (χ1v) is 8.70. The summed E-state index contributed by atoms with van der Waals surface area (Å²) >= 11 is 0. The molecule has 0 aromatic rings. The molecule has 0 aliphatic carbocycles. The van der Waals surface area contributed by atoms with Gasteiger partial charge in [0.25, 0.3) is 23.6 Å². The van der Waals surface area contributed by atoms with Gasteiger partial charge in [-0.25, -0.2) is 25.3 Å². The summed E-state index contributed by atoms with van der Waals surface area (Å²) in [6, 6.07) is 0. The van der Waals surface area contributed by atoms with Crippen molar-refractivity contribution in [1.29, 1.82) is 0 Å². The molecule has 0 rings (SSSR count). The van der Waals surface area contributed by atoms with Gasteiger partial charge in [-0.1, -0.05) is 0 Å². The van der Waals surface area contributed by atoms with Crippen molar-refractivity contribution in [3.05, 3.63) is 0 Å². The van der Waals surface area contributed by atoms with Crippen molar-refractivity contribution in [2.24, 2.45) is 0 Å². The van der Waals surface area contributed by atoms with Gasteiger partial charge in [-0.15, -0.1) is 0 Å². The van der Waals surface area contributed by atoms with E-state index in [0.717, 1.165) is 0 Å². The van der Waals surface area contributed by atoms with Gasteiger partial charge in [-0.2, -0.15) is 26.3 Å². The van der Waals surface area contributed by atoms with Crippen molar-refractivity contribution in [3.63, 3.8) is 0 Å². The molecule has 0 bridgehead atoms. The minimum Gasteiger partial charge on any atom is -0.227 e. The summed E-state index contributed by atoms with van der Waals surface area (Å²) in [6.07, 6.45) is -0.371. The van der Waals surface area contributed by atoms with E-state index in [-0.39, 0.29) is 6.26 Å². The topological polar surface area (TPSA) is 102 Å². The van der Waals surface area contributed by atoms with Crippen LogP contribution < -0.4 is 0 Å². The molecule has 0 aromatic carbocycles. The van der Waals surface area contributed by atoms with Crippen molar-refractivity contribution >= 4 is 29.5 Å². The standard InChI is InChI=1S/C4H4F6O6S3/c1-17(11,12)2(18(13,14)3(5,6)7)19(15,16)4(8,9)10/h2H,1H3. The zero-order chi connectivity index (χ0) is 16.1. The van der Waals surface area contributed by atoms with E-state index >= 15 is 0 Å². The molecule has 0 atom stereocenters. The lowest BCUT2D eigenvalue weighted by Gasteiger charge is -2.19. The summed E-state index contributed by atoms with van der Waals surface area (Å²) in [6.45, 7) is 0. The predicted molar refractivity (Wildman–Crippen MR) is 48.6 cm³/mol. The summed E-state index contributed by atoms with van der Waals surface area (Å²) in [5.41, 5.74) is -13.0. The average molecular weight is 358 g/mol. The molecule has 0 radical (unpaired) electrons. The summed E-state index contributed by atoms with van der Waals surface area (Å²) < 4.78 is 132. The molecule has 15 heteroatoms. The van der Waals surface area contributed by atoms with Crippen LogP contribution in [-0.2, 0) is 29.5 Å². The van der Waals surface area contributed by atoms with E-state index in [4.69, 9.17) is 0 Å². The zero-order valence-corrected chi connectivity index (χ0v) is 11.0. The second-order valence-electron chi connectivity index (χ2n) is 3.10. The van der Waals surface area contributed by atoms with Crippen LogP contribution in [0.25, 0.3) is 0 Å². The average Bonchev–Trinajstić information content (AvgIpc) is 1.93. The van der Waals surface area contributed by atoms with Crippen LogP contribution in [0.5, 0.6) is 0 Å². The van der Waals surface area contributed by atoms with E-state index in [1.54, 1.807) is 0 Å². The Balaban J connectivity index is 6.59. The fraction of sp³-hybridized carbons (Fsp3) is 1.00. The maximum Gasteiger partial charge on any atom is 0.499 e. The van der Waals surface area contributed by atoms with Gasteiger partial charge < -0.3 is 0 Å². The molecule has 0 aromatic heterocycles. The van der Waals surface area contributed by atoms with Gasteiger partial charge in [0.1, 0.15) is 0 Å². The van der Waals surface area contributed by atoms with E-state index in [9.17, 15) is 51.6 Å². The van der Waals surface area contributed by atoms with E-state index in [1.807, 2.05) is 0 Å². The van der Waals surface area contributed by atoms with Crippen LogP contribution in [0.15, 0.2) is 0 Å². The van der Waals surface area contributed by atoms with E-state index in [0.29, 0.717) is 0 Å². The highest BCUT2D eigenvalue weighted by Gasteiger charge is 2.66. The third-order valence-corrected chi connectivity index (χ3v) is 9.64. The molecule has 0 unspecified atom stereocenters. The molecule has 0 aliphatic rings. The van der Waals surface area contributed by atoms with Crippen molar-refractivity contribution < 1.29 is 51.6 Å². The number of hydrogen-bond donors (Lipinski definition) is 0. The van der Waals surface area contributed by atoms with Gasteiger partial charge in [-0.05, 0) is 0 Å². The number of halogens is 6. The summed E-state index contributed by atoms with van der Waals surface area (Å²) in [5.74, 6) is 0. The first kappa shape index (κ1) is 18.4. The molecular formula is C4H4F6O6S3. The largest absolute Gasteiger partial charge is 0.499 e. The number of alkyl halides is 6. The van der Waals surface area contributed by atoms with Crippen molar-refractivity contribution in [2.45, 2.75) is 14.9 Å². The molecular weight excluding hydrogens is 354 g/mol. The predicted octanol–water partition coefficient (Wildman–Crippen LogP) is 0.184. The first-order valence-electron chi connectivity index (χ1n) is 3.66. The second kappa shape index (κ2) is 4.47. The van der Waals surface area contributed by atoms with Crippen molar-refractivity contribution in [3.8, 4) is 0 Å². The third kappa shape index (κ3) is 3.31. The van der Waals surface area contributed by atoms with Gasteiger partial charge in [0.2, 0.25) is 0 Å². The number of sulfone groups is 3. The Labute approximate surface area is 103 Å². The normalized spacial score (nSPS) is 15.8. The Morgan fingerprint density at radius 2 is 0.895 bits per heavy atom. The lowest BCUT2D eigenvalue weighted by molar-refractivity contribution is -0.0462. The molecule has 6 nitrogen and oxygen atoms in total. The van der Waals surface area contributed by atoms with Crippen LogP contribution in [0.1, 0.15) is 0 Å². The lowest BCUT2D eigenvalue weighted by atomic mass is 11.5. The van der Waals surface area contributed by atoms with Crippen LogP contribution in [0.2, 0.25) is 0 Å². The molecule has 0 saturated heterocycles. The SMILES string of the molecule is CS(=O)(=O)C(S(=O)(=O)C(F)(F)F)S(=O)(=O)C(F)(F)F. The Morgan fingerprint density at radius 3 is 1.00 bits per heavy atom. The molecule has 0 spiro atoms. The van der Waals surface area contributed by atoms with E-state index < -0.39 is 44.4 Å². The highest BCUT2D eigenvalue weighted by Crippen LogP contribution is 2.38. The molecule has 0 saturated carbocycles. The quantitative estimate of drug-likeness (QED) is 0.667. The van der Waals surface area contributed by atoms with Crippen LogP contribution in [0, 0.1) is 0 Å². The van der Waals surface area contributed by atoms with Gasteiger partial charge in [-0.3, -0.25) is 0 Å². The number of rotatable bonds is 3. The minimum absolute atomic E-state index is 0.371. The van der Waals surface area contributed by atoms with Gasteiger partial charge in [0.15, 0.2) is 9.84 Å². The molecule has 0 amide bonds. The Kier molecular flexibility index (Phi) is 4.34. The highest BCUT2D eigenvalue weighted by molar-refractivity contribution is 8.24. The van der Waals surface area contributed by atoms with Crippen LogP contribution >= 0.6 is 0 Å². The van der Waals surface area contributed by atoms with Gasteiger partial charge in [0.05, 0.1) is 0 Å². The monoisotopic (exact) mass is 358 g/mol. The highest BCUT2D eigenvalue weighted by atomic mass is 32.3. The minimum atomic E-state index is -7.13. The molecule has 116 valence electrons. The maximum atomic E-state index is 12.0. The second-order valence-corrected chi connectivity index (χ2v) is 10.2. The third-order valence-electron chi connectivity index (χ3n) is 1.50. The Hall–Kier alpha value is -0.570. The van der Waals surface area contributed by atoms with Crippen molar-refractivity contribution in [2.75, 3.05) is 6.26 Å². The lowest BCUT2D eigenvalue weighted by Crippen LogP contribution is -2.48. The first-order chi connectivity index (χ1) is 7.87. The zero-order valence-electron chi connectivity index (χ0n) is 8.52. The summed E-state index contributed by atoms with van der Waals surface area (Å²) in [7, 11) is -20.0. The molecule has 0 fully saturated rings. The van der Waals surface area contributed by atoms with Gasteiger partial charge >= 0.3 is 11.0 Å². The van der Waals surface area contributed by atoms with Crippen LogP contribution in [0.3, 0.4) is 0 Å². The fourth-order valence-electron chi connectivity index (χ4n) is 0.845. The molecule has 0 N–H and O–H groups in total. The smallest absolute Gasteiger partial charge is 0.227 e. The molecule has 0 aliphatic heterocycles. The summed E-state index contributed by atoms with van der Waals surface area (Å²) in [5, 5.41) is 0. The summed E-state index contributed by atoms with van der Waals surface area (Å²) in [4.78, 5) is 0. The van der Waals surface area contributed by atoms with E-state index in [1.165, 1.54) is 0 Å². The molecule has 19 heavy (non-hydrogen) atoms. The van der Waals surface area contributed by atoms with Crippen LogP contribution in [0.4, 0.5) is 26.3 Å². The maximum absolute atomic E-state index is 12.0. The van der Waals surface area contributed by atoms with Crippen LogP contribution in [-0.4, -0.2) is 46.4 Å². The Bertz CT molecular complexity index is 605.